The zero-order chi connectivity index (χ0) is 15.0. The van der Waals surface area contributed by atoms with Crippen LogP contribution in [0, 0.1) is 0 Å². The molecule has 5 heteroatoms. The zero-order valence-electron chi connectivity index (χ0n) is 12.2. The van der Waals surface area contributed by atoms with Gasteiger partial charge in [-0.1, -0.05) is 0 Å². The molecule has 1 aromatic carbocycles. The molecule has 20 heavy (non-hydrogen) atoms. The number of ether oxygens (including phenoxy) is 1. The number of hydrogen-bond donors (Lipinski definition) is 3. The van der Waals surface area contributed by atoms with E-state index in [1.54, 1.807) is 32.9 Å². The van der Waals surface area contributed by atoms with Crippen molar-refractivity contribution >= 4 is 11.8 Å². The number of anilines is 1. The monoisotopic (exact) mass is 278 g/mol. The molecule has 0 aliphatic heterocycles. The Kier molecular flexibility index (Phi) is 3.65. The quantitative estimate of drug-likeness (QED) is 0.726. The standard InChI is InChI=1S/C15H22N2O3/c1-14(2,3)20-13(19)17-12-6-5-10(18)9-11(12)15(16)7-4-8-15/h5-6,9,18H,4,7-8,16H2,1-3H3,(H,17,19). The van der Waals surface area contributed by atoms with Gasteiger partial charge in [0, 0.05) is 11.2 Å². The smallest absolute Gasteiger partial charge is 0.412 e. The molecule has 0 radical (unpaired) electrons. The molecule has 0 heterocycles. The Labute approximate surface area is 119 Å². The van der Waals surface area contributed by atoms with Crippen molar-refractivity contribution in [1.29, 1.82) is 0 Å². The Bertz CT molecular complexity index is 516. The van der Waals surface area contributed by atoms with Crippen molar-refractivity contribution in [1.82, 2.24) is 0 Å². The molecule has 4 N–H and O–H groups in total. The topological polar surface area (TPSA) is 84.6 Å². The summed E-state index contributed by atoms with van der Waals surface area (Å²) in [6, 6.07) is 4.80. The number of amides is 1. The Morgan fingerprint density at radius 1 is 1.40 bits per heavy atom. The third-order valence-electron chi connectivity index (χ3n) is 3.42. The van der Waals surface area contributed by atoms with E-state index in [-0.39, 0.29) is 5.75 Å². The van der Waals surface area contributed by atoms with E-state index in [9.17, 15) is 9.90 Å². The molecule has 1 aliphatic carbocycles. The van der Waals surface area contributed by atoms with Crippen molar-refractivity contribution in [3.05, 3.63) is 23.8 Å². The first-order valence-corrected chi connectivity index (χ1v) is 6.82. The molecular weight excluding hydrogens is 256 g/mol. The molecule has 2 rings (SSSR count). The molecule has 1 saturated carbocycles. The Hall–Kier alpha value is -1.75. The molecule has 1 aromatic rings. The van der Waals surface area contributed by atoms with Gasteiger partial charge in [-0.05, 0) is 63.8 Å². The number of nitrogens with one attached hydrogen (secondary N) is 1. The summed E-state index contributed by atoms with van der Waals surface area (Å²) in [6.07, 6.45) is 2.23. The highest BCUT2D eigenvalue weighted by Crippen LogP contribution is 2.43. The predicted molar refractivity (Wildman–Crippen MR) is 77.7 cm³/mol. The number of aromatic hydroxyl groups is 1. The minimum atomic E-state index is -0.558. The second-order valence-electron chi connectivity index (χ2n) is 6.37. The van der Waals surface area contributed by atoms with Crippen molar-refractivity contribution < 1.29 is 14.6 Å². The molecule has 1 amide bonds. The summed E-state index contributed by atoms with van der Waals surface area (Å²) < 4.78 is 5.24. The number of phenolic OH excluding ortho intramolecular Hbond substituents is 1. The van der Waals surface area contributed by atoms with Gasteiger partial charge in [0.1, 0.15) is 11.4 Å². The van der Waals surface area contributed by atoms with Crippen LogP contribution >= 0.6 is 0 Å². The second-order valence-corrected chi connectivity index (χ2v) is 6.37. The number of nitrogens with two attached hydrogens (primary N) is 1. The van der Waals surface area contributed by atoms with Gasteiger partial charge < -0.3 is 15.6 Å². The van der Waals surface area contributed by atoms with Gasteiger partial charge in [-0.15, -0.1) is 0 Å². The average Bonchev–Trinajstić information content (AvgIpc) is 2.26. The van der Waals surface area contributed by atoms with Crippen molar-refractivity contribution in [3.63, 3.8) is 0 Å². The number of phenols is 1. The summed E-state index contributed by atoms with van der Waals surface area (Å²) in [5.74, 6) is 0.145. The maximum Gasteiger partial charge on any atom is 0.412 e. The van der Waals surface area contributed by atoms with Crippen LogP contribution in [-0.4, -0.2) is 16.8 Å². The maximum absolute atomic E-state index is 11.9. The van der Waals surface area contributed by atoms with Crippen LogP contribution in [0.25, 0.3) is 0 Å². The molecular formula is C15H22N2O3. The number of rotatable bonds is 2. The van der Waals surface area contributed by atoms with Gasteiger partial charge in [0.15, 0.2) is 0 Å². The molecule has 1 fully saturated rings. The Balaban J connectivity index is 2.21. The van der Waals surface area contributed by atoms with Crippen molar-refractivity contribution in [3.8, 4) is 5.75 Å². The van der Waals surface area contributed by atoms with Gasteiger partial charge >= 0.3 is 6.09 Å². The van der Waals surface area contributed by atoms with Crippen LogP contribution in [0.4, 0.5) is 10.5 Å². The van der Waals surface area contributed by atoms with E-state index in [2.05, 4.69) is 5.32 Å². The lowest BCUT2D eigenvalue weighted by Gasteiger charge is -2.39. The van der Waals surface area contributed by atoms with Gasteiger partial charge in [0.05, 0.1) is 0 Å². The molecule has 0 saturated heterocycles. The Morgan fingerprint density at radius 3 is 2.55 bits per heavy atom. The van der Waals surface area contributed by atoms with E-state index in [0.717, 1.165) is 24.8 Å². The summed E-state index contributed by atoms with van der Waals surface area (Å²) in [4.78, 5) is 11.9. The third kappa shape index (κ3) is 3.22. The molecule has 0 unspecified atom stereocenters. The number of carbonyl (C=O) groups is 1. The summed E-state index contributed by atoms with van der Waals surface area (Å²) >= 11 is 0. The van der Waals surface area contributed by atoms with Crippen LogP contribution in [0.3, 0.4) is 0 Å². The lowest BCUT2D eigenvalue weighted by molar-refractivity contribution is 0.0635. The SMILES string of the molecule is CC(C)(C)OC(=O)Nc1ccc(O)cc1C1(N)CCC1. The maximum atomic E-state index is 11.9. The lowest BCUT2D eigenvalue weighted by atomic mass is 9.72. The first-order chi connectivity index (χ1) is 9.20. The van der Waals surface area contributed by atoms with Crippen LogP contribution in [0.5, 0.6) is 5.75 Å². The molecule has 0 atom stereocenters. The normalized spacial score (nSPS) is 17.2. The van der Waals surface area contributed by atoms with E-state index in [0.29, 0.717) is 5.69 Å². The van der Waals surface area contributed by atoms with Crippen LogP contribution < -0.4 is 11.1 Å². The highest BCUT2D eigenvalue weighted by Gasteiger charge is 2.37. The van der Waals surface area contributed by atoms with Gasteiger partial charge in [0.25, 0.3) is 0 Å². The predicted octanol–water partition coefficient (Wildman–Crippen LogP) is 3.08. The fraction of sp³-hybridized carbons (Fsp3) is 0.533. The highest BCUT2D eigenvalue weighted by atomic mass is 16.6. The van der Waals surface area contributed by atoms with Gasteiger partial charge in [-0.25, -0.2) is 4.79 Å². The van der Waals surface area contributed by atoms with E-state index in [4.69, 9.17) is 10.5 Å². The summed E-state index contributed by atoms with van der Waals surface area (Å²) in [7, 11) is 0. The largest absolute Gasteiger partial charge is 0.508 e. The first-order valence-electron chi connectivity index (χ1n) is 6.82. The molecule has 0 aromatic heterocycles. The highest BCUT2D eigenvalue weighted by molar-refractivity contribution is 5.86. The lowest BCUT2D eigenvalue weighted by Crippen LogP contribution is -2.44. The minimum absolute atomic E-state index is 0.145. The van der Waals surface area contributed by atoms with E-state index < -0.39 is 17.2 Å². The summed E-state index contributed by atoms with van der Waals surface area (Å²) in [5, 5.41) is 12.4. The third-order valence-corrected chi connectivity index (χ3v) is 3.42. The van der Waals surface area contributed by atoms with Crippen LogP contribution in [0.15, 0.2) is 18.2 Å². The number of benzene rings is 1. The van der Waals surface area contributed by atoms with Gasteiger partial charge in [-0.2, -0.15) is 0 Å². The van der Waals surface area contributed by atoms with Crippen molar-refractivity contribution in [2.24, 2.45) is 5.73 Å². The van der Waals surface area contributed by atoms with Crippen LogP contribution in [-0.2, 0) is 10.3 Å². The fourth-order valence-electron chi connectivity index (χ4n) is 2.29. The molecule has 5 nitrogen and oxygen atoms in total. The second kappa shape index (κ2) is 4.98. The van der Waals surface area contributed by atoms with Crippen LogP contribution in [0.2, 0.25) is 0 Å². The number of carbonyl (C=O) groups excluding carboxylic acids is 1. The zero-order valence-corrected chi connectivity index (χ0v) is 12.2. The van der Waals surface area contributed by atoms with Crippen LogP contribution in [0.1, 0.15) is 45.6 Å². The van der Waals surface area contributed by atoms with Gasteiger partial charge in [-0.3, -0.25) is 5.32 Å². The minimum Gasteiger partial charge on any atom is -0.508 e. The summed E-state index contributed by atoms with van der Waals surface area (Å²) in [5.41, 5.74) is 6.62. The fourth-order valence-corrected chi connectivity index (χ4v) is 2.29. The number of hydrogen-bond acceptors (Lipinski definition) is 4. The van der Waals surface area contributed by atoms with Crippen molar-refractivity contribution in [2.45, 2.75) is 51.2 Å². The molecule has 110 valence electrons. The van der Waals surface area contributed by atoms with Gasteiger partial charge in [0.2, 0.25) is 0 Å². The average molecular weight is 278 g/mol. The molecule has 0 bridgehead atoms. The molecule has 1 aliphatic rings. The Morgan fingerprint density at radius 2 is 2.05 bits per heavy atom. The first kappa shape index (κ1) is 14.7. The van der Waals surface area contributed by atoms with E-state index in [1.807, 2.05) is 0 Å². The molecule has 0 spiro atoms. The van der Waals surface area contributed by atoms with E-state index >= 15 is 0 Å². The van der Waals surface area contributed by atoms with Crippen molar-refractivity contribution in [2.75, 3.05) is 5.32 Å². The van der Waals surface area contributed by atoms with E-state index in [1.165, 1.54) is 6.07 Å². The summed E-state index contributed by atoms with van der Waals surface area (Å²) in [6.45, 7) is 5.42.